The molecule has 0 aliphatic carbocycles. The van der Waals surface area contributed by atoms with Crippen molar-refractivity contribution in [2.24, 2.45) is 0 Å². The summed E-state index contributed by atoms with van der Waals surface area (Å²) in [5.41, 5.74) is 2.66. The van der Waals surface area contributed by atoms with Gasteiger partial charge in [0.1, 0.15) is 5.69 Å². The van der Waals surface area contributed by atoms with Crippen molar-refractivity contribution in [3.8, 4) is 0 Å². The van der Waals surface area contributed by atoms with E-state index in [0.29, 0.717) is 0 Å². The molecule has 4 N–H and O–H groups in total. The van der Waals surface area contributed by atoms with Gasteiger partial charge in [-0.25, -0.2) is 0 Å². The Kier molecular flexibility index (Phi) is 3.32. The SMILES string of the molecule is O=C(NNC(=O)C(F)(F)F)c1c[nH]c(=S)[nH]1. The first-order chi connectivity index (χ1) is 7.30. The molecule has 1 aromatic rings. The number of hydrogen-bond acceptors (Lipinski definition) is 3. The molecule has 0 radical (unpaired) electrons. The molecule has 0 aromatic carbocycles. The molecule has 0 unspecified atom stereocenters. The van der Waals surface area contributed by atoms with Crippen LogP contribution in [0, 0.1) is 4.77 Å². The van der Waals surface area contributed by atoms with Crippen LogP contribution in [0.25, 0.3) is 0 Å². The van der Waals surface area contributed by atoms with Crippen LogP contribution in [0.15, 0.2) is 6.20 Å². The zero-order valence-corrected chi connectivity index (χ0v) is 8.25. The van der Waals surface area contributed by atoms with Crippen molar-refractivity contribution >= 4 is 24.0 Å². The van der Waals surface area contributed by atoms with E-state index in [0.717, 1.165) is 6.20 Å². The zero-order valence-electron chi connectivity index (χ0n) is 7.44. The summed E-state index contributed by atoms with van der Waals surface area (Å²) in [6.45, 7) is 0. The second kappa shape index (κ2) is 4.35. The highest BCUT2D eigenvalue weighted by molar-refractivity contribution is 7.71. The number of amides is 2. The topological polar surface area (TPSA) is 89.8 Å². The molecule has 1 heterocycles. The molecular formula is C6H5F3N4O2S. The Hall–Kier alpha value is -1.84. The van der Waals surface area contributed by atoms with Gasteiger partial charge in [0.2, 0.25) is 0 Å². The Labute approximate surface area is 91.2 Å². The summed E-state index contributed by atoms with van der Waals surface area (Å²) in [5.74, 6) is -3.22. The molecule has 1 aromatic heterocycles. The van der Waals surface area contributed by atoms with Crippen molar-refractivity contribution in [2.75, 3.05) is 0 Å². The zero-order chi connectivity index (χ0) is 12.3. The lowest BCUT2D eigenvalue weighted by Crippen LogP contribution is -2.47. The second-order valence-electron chi connectivity index (χ2n) is 2.56. The van der Waals surface area contributed by atoms with E-state index < -0.39 is 18.0 Å². The maximum absolute atomic E-state index is 11.7. The number of hydrazine groups is 1. The van der Waals surface area contributed by atoms with E-state index in [-0.39, 0.29) is 10.5 Å². The van der Waals surface area contributed by atoms with Gasteiger partial charge in [-0.05, 0) is 12.2 Å². The van der Waals surface area contributed by atoms with Crippen LogP contribution in [0.4, 0.5) is 13.2 Å². The molecule has 0 spiro atoms. The van der Waals surface area contributed by atoms with Crippen molar-refractivity contribution in [3.63, 3.8) is 0 Å². The maximum Gasteiger partial charge on any atom is 0.472 e. The number of carbonyl (C=O) groups is 2. The van der Waals surface area contributed by atoms with E-state index in [1.165, 1.54) is 5.43 Å². The highest BCUT2D eigenvalue weighted by Crippen LogP contribution is 2.13. The molecular weight excluding hydrogens is 249 g/mol. The molecule has 88 valence electrons. The Bertz CT molecular complexity index is 463. The standard InChI is InChI=1S/C6H5F3N4O2S/c7-6(8,9)4(15)13-12-3(14)2-1-10-5(16)11-2/h1H,(H,12,14)(H,13,15)(H2,10,11,16). The van der Waals surface area contributed by atoms with Crippen LogP contribution in [0.2, 0.25) is 0 Å². The number of carbonyl (C=O) groups excluding carboxylic acids is 2. The van der Waals surface area contributed by atoms with Gasteiger partial charge >= 0.3 is 12.1 Å². The number of nitrogens with one attached hydrogen (secondary N) is 4. The minimum absolute atomic E-state index is 0.104. The second-order valence-corrected chi connectivity index (χ2v) is 2.97. The Balaban J connectivity index is 2.54. The maximum atomic E-state index is 11.7. The summed E-state index contributed by atoms with van der Waals surface area (Å²) >= 11 is 4.59. The van der Waals surface area contributed by atoms with Crippen molar-refractivity contribution in [2.45, 2.75) is 6.18 Å². The molecule has 0 aliphatic heterocycles. The number of imidazole rings is 1. The Morgan fingerprint density at radius 1 is 1.31 bits per heavy atom. The van der Waals surface area contributed by atoms with Gasteiger partial charge in [-0.3, -0.25) is 20.4 Å². The largest absolute Gasteiger partial charge is 0.472 e. The van der Waals surface area contributed by atoms with Crippen molar-refractivity contribution < 1.29 is 22.8 Å². The fourth-order valence-electron chi connectivity index (χ4n) is 0.706. The van der Waals surface area contributed by atoms with Gasteiger partial charge in [0.25, 0.3) is 5.91 Å². The predicted molar refractivity (Wildman–Crippen MR) is 47.6 cm³/mol. The average molecular weight is 254 g/mol. The lowest BCUT2D eigenvalue weighted by molar-refractivity contribution is -0.174. The third-order valence-electron chi connectivity index (χ3n) is 1.39. The first kappa shape index (κ1) is 12.2. The molecule has 0 atom stereocenters. The third kappa shape index (κ3) is 3.08. The minimum atomic E-state index is -5.06. The molecule has 10 heteroatoms. The van der Waals surface area contributed by atoms with Gasteiger partial charge in [-0.1, -0.05) is 0 Å². The van der Waals surface area contributed by atoms with Crippen LogP contribution in [0.5, 0.6) is 0 Å². The Morgan fingerprint density at radius 2 is 1.94 bits per heavy atom. The molecule has 6 nitrogen and oxygen atoms in total. The van der Waals surface area contributed by atoms with E-state index in [2.05, 4.69) is 22.2 Å². The number of aromatic amines is 2. The van der Waals surface area contributed by atoms with Gasteiger partial charge in [0.05, 0.1) is 0 Å². The number of hydrogen-bond donors (Lipinski definition) is 4. The molecule has 0 bridgehead atoms. The normalized spacial score (nSPS) is 10.9. The van der Waals surface area contributed by atoms with E-state index >= 15 is 0 Å². The van der Waals surface area contributed by atoms with Crippen LogP contribution in [-0.2, 0) is 4.79 Å². The monoisotopic (exact) mass is 254 g/mol. The molecule has 16 heavy (non-hydrogen) atoms. The van der Waals surface area contributed by atoms with E-state index in [4.69, 9.17) is 0 Å². The predicted octanol–water partition coefficient (Wildman–Crippen LogP) is 0.396. The fourth-order valence-corrected chi connectivity index (χ4v) is 0.875. The number of alkyl halides is 3. The number of rotatable bonds is 1. The van der Waals surface area contributed by atoms with Crippen molar-refractivity contribution in [3.05, 3.63) is 16.7 Å². The third-order valence-corrected chi connectivity index (χ3v) is 1.61. The molecule has 0 saturated heterocycles. The van der Waals surface area contributed by atoms with Gasteiger partial charge in [0.15, 0.2) is 4.77 Å². The van der Waals surface area contributed by atoms with Gasteiger partial charge in [0, 0.05) is 6.20 Å². The first-order valence-corrected chi connectivity index (χ1v) is 4.16. The molecule has 2 amide bonds. The van der Waals surface area contributed by atoms with Gasteiger partial charge in [-0.15, -0.1) is 0 Å². The van der Waals surface area contributed by atoms with Crippen LogP contribution in [-0.4, -0.2) is 28.0 Å². The van der Waals surface area contributed by atoms with E-state index in [9.17, 15) is 22.8 Å². The van der Waals surface area contributed by atoms with E-state index in [1.807, 2.05) is 0 Å². The highest BCUT2D eigenvalue weighted by atomic mass is 32.1. The fraction of sp³-hybridized carbons (Fsp3) is 0.167. The summed E-state index contributed by atoms with van der Waals surface area (Å²) in [6, 6.07) is 0. The van der Waals surface area contributed by atoms with Crippen LogP contribution >= 0.6 is 12.2 Å². The average Bonchev–Trinajstić information content (AvgIpc) is 2.59. The molecule has 0 fully saturated rings. The van der Waals surface area contributed by atoms with Crippen LogP contribution in [0.1, 0.15) is 10.5 Å². The number of aromatic nitrogens is 2. The smallest absolute Gasteiger partial charge is 0.337 e. The number of H-pyrrole nitrogens is 2. The summed E-state index contributed by atoms with van der Waals surface area (Å²) in [6.07, 6.45) is -3.91. The van der Waals surface area contributed by atoms with Crippen LogP contribution in [0.3, 0.4) is 0 Å². The summed E-state index contributed by atoms with van der Waals surface area (Å²) < 4.78 is 35.3. The van der Waals surface area contributed by atoms with Crippen LogP contribution < -0.4 is 10.9 Å². The van der Waals surface area contributed by atoms with Gasteiger partial charge < -0.3 is 9.97 Å². The summed E-state index contributed by atoms with van der Waals surface area (Å²) in [7, 11) is 0. The quantitative estimate of drug-likeness (QED) is 0.432. The molecule has 0 saturated carbocycles. The lowest BCUT2D eigenvalue weighted by atomic mass is 10.5. The van der Waals surface area contributed by atoms with Gasteiger partial charge in [-0.2, -0.15) is 13.2 Å². The summed E-state index contributed by atoms with van der Waals surface area (Å²) in [4.78, 5) is 26.2. The first-order valence-electron chi connectivity index (χ1n) is 3.76. The van der Waals surface area contributed by atoms with E-state index in [1.54, 1.807) is 5.43 Å². The minimum Gasteiger partial charge on any atom is -0.337 e. The van der Waals surface area contributed by atoms with Crippen molar-refractivity contribution in [1.29, 1.82) is 0 Å². The molecule has 1 rings (SSSR count). The Morgan fingerprint density at radius 3 is 2.38 bits per heavy atom. The number of halogens is 3. The highest BCUT2D eigenvalue weighted by Gasteiger charge is 2.39. The molecule has 0 aliphatic rings. The van der Waals surface area contributed by atoms with Crippen molar-refractivity contribution in [1.82, 2.24) is 20.8 Å². The summed E-state index contributed by atoms with van der Waals surface area (Å²) in [5, 5.41) is 0. The lowest BCUT2D eigenvalue weighted by Gasteiger charge is -2.07.